The number of carbonyl (C=O) groups is 3. The van der Waals surface area contributed by atoms with Crippen LogP contribution in [0.25, 0.3) is 0 Å². The minimum absolute atomic E-state index is 0.159. The van der Waals surface area contributed by atoms with Gasteiger partial charge in [-0.1, -0.05) is 6.07 Å². The Morgan fingerprint density at radius 1 is 1.08 bits per heavy atom. The molecule has 0 bridgehead atoms. The number of nitrogens with one attached hydrogen (secondary N) is 2. The summed E-state index contributed by atoms with van der Waals surface area (Å²) in [5.41, 5.74) is 0.432. The number of methoxy groups -OCH3 is 2. The number of rotatable bonds is 8. The SMILES string of the molecule is COc1ccc(OC)c(NC(=O)C[C@@H]2C(=O)NCCN2C(=O)CN2CCN(c3ccccn3)CC2)c1. The van der Waals surface area contributed by atoms with Gasteiger partial charge in [0.25, 0.3) is 0 Å². The normalized spacial score (nSPS) is 18.4. The molecular formula is C25H32N6O5. The number of ether oxygens (including phenoxy) is 2. The average Bonchev–Trinajstić information content (AvgIpc) is 2.90. The third-order valence-electron chi connectivity index (χ3n) is 6.42. The molecule has 36 heavy (non-hydrogen) atoms. The van der Waals surface area contributed by atoms with E-state index in [9.17, 15) is 14.4 Å². The van der Waals surface area contributed by atoms with E-state index in [0.717, 1.165) is 18.9 Å². The molecule has 3 amide bonds. The lowest BCUT2D eigenvalue weighted by atomic mass is 10.1. The Labute approximate surface area is 210 Å². The van der Waals surface area contributed by atoms with Crippen LogP contribution in [0.5, 0.6) is 11.5 Å². The van der Waals surface area contributed by atoms with Gasteiger partial charge in [0.15, 0.2) is 0 Å². The third kappa shape index (κ3) is 6.03. The summed E-state index contributed by atoms with van der Waals surface area (Å²) in [5.74, 6) is 1.06. The van der Waals surface area contributed by atoms with Gasteiger partial charge < -0.3 is 29.9 Å². The van der Waals surface area contributed by atoms with Gasteiger partial charge in [-0.05, 0) is 24.3 Å². The van der Waals surface area contributed by atoms with E-state index in [-0.39, 0.29) is 24.8 Å². The van der Waals surface area contributed by atoms with Crippen molar-refractivity contribution in [3.8, 4) is 11.5 Å². The average molecular weight is 497 g/mol. The van der Waals surface area contributed by atoms with Crippen LogP contribution in [0.1, 0.15) is 6.42 Å². The molecule has 4 rings (SSSR count). The van der Waals surface area contributed by atoms with Gasteiger partial charge in [0.2, 0.25) is 17.7 Å². The highest BCUT2D eigenvalue weighted by Gasteiger charge is 2.35. The fourth-order valence-corrected chi connectivity index (χ4v) is 4.46. The fraction of sp³-hybridized carbons (Fsp3) is 0.440. The number of aromatic nitrogens is 1. The number of benzene rings is 1. The zero-order chi connectivity index (χ0) is 25.5. The van der Waals surface area contributed by atoms with Crippen molar-refractivity contribution in [2.45, 2.75) is 12.5 Å². The summed E-state index contributed by atoms with van der Waals surface area (Å²) in [7, 11) is 3.03. The number of anilines is 2. The van der Waals surface area contributed by atoms with Crippen LogP contribution >= 0.6 is 0 Å². The smallest absolute Gasteiger partial charge is 0.243 e. The van der Waals surface area contributed by atoms with Crippen molar-refractivity contribution < 1.29 is 23.9 Å². The summed E-state index contributed by atoms with van der Waals surface area (Å²) in [6.45, 7) is 3.87. The number of carbonyl (C=O) groups excluding carboxylic acids is 3. The number of hydrogen-bond acceptors (Lipinski definition) is 8. The van der Waals surface area contributed by atoms with Gasteiger partial charge in [-0.15, -0.1) is 0 Å². The van der Waals surface area contributed by atoms with Crippen LogP contribution in [0.3, 0.4) is 0 Å². The Bertz CT molecular complexity index is 1070. The third-order valence-corrected chi connectivity index (χ3v) is 6.42. The molecule has 0 spiro atoms. The Hall–Kier alpha value is -3.86. The highest BCUT2D eigenvalue weighted by atomic mass is 16.5. The van der Waals surface area contributed by atoms with Crippen molar-refractivity contribution in [1.82, 2.24) is 20.1 Å². The van der Waals surface area contributed by atoms with E-state index in [1.54, 1.807) is 24.4 Å². The summed E-state index contributed by atoms with van der Waals surface area (Å²) < 4.78 is 10.5. The molecule has 1 aromatic heterocycles. The van der Waals surface area contributed by atoms with E-state index in [0.29, 0.717) is 43.4 Å². The van der Waals surface area contributed by atoms with Crippen LogP contribution in [0.15, 0.2) is 42.6 Å². The topological polar surface area (TPSA) is 116 Å². The van der Waals surface area contributed by atoms with E-state index < -0.39 is 11.9 Å². The quantitative estimate of drug-likeness (QED) is 0.545. The first-order chi connectivity index (χ1) is 17.5. The molecule has 0 unspecified atom stereocenters. The molecule has 11 nitrogen and oxygen atoms in total. The second-order valence-electron chi connectivity index (χ2n) is 8.66. The van der Waals surface area contributed by atoms with Crippen molar-refractivity contribution in [1.29, 1.82) is 0 Å². The molecule has 0 saturated carbocycles. The van der Waals surface area contributed by atoms with E-state index >= 15 is 0 Å². The molecule has 1 aromatic carbocycles. The first-order valence-corrected chi connectivity index (χ1v) is 12.0. The standard InChI is InChI=1S/C25H32N6O5/c1-35-18-6-7-21(36-2)19(15-18)28-23(32)16-20-25(34)27-9-10-31(20)24(33)17-29-11-13-30(14-12-29)22-5-3-4-8-26-22/h3-8,15,20H,9-14,16-17H2,1-2H3,(H,27,34)(H,28,32)/t20-/m1/s1. The van der Waals surface area contributed by atoms with Crippen LogP contribution < -0.4 is 25.0 Å². The zero-order valence-electron chi connectivity index (χ0n) is 20.6. The number of amides is 3. The lowest BCUT2D eigenvalue weighted by Crippen LogP contribution is -2.60. The Morgan fingerprint density at radius 3 is 2.58 bits per heavy atom. The molecule has 2 saturated heterocycles. The van der Waals surface area contributed by atoms with Crippen molar-refractivity contribution in [2.24, 2.45) is 0 Å². The summed E-state index contributed by atoms with van der Waals surface area (Å²) in [6.07, 6.45) is 1.61. The van der Waals surface area contributed by atoms with Gasteiger partial charge in [0, 0.05) is 51.5 Å². The maximum absolute atomic E-state index is 13.2. The van der Waals surface area contributed by atoms with Gasteiger partial charge in [-0.2, -0.15) is 0 Å². The first-order valence-electron chi connectivity index (χ1n) is 12.0. The maximum atomic E-state index is 13.2. The number of pyridine rings is 1. The zero-order valence-corrected chi connectivity index (χ0v) is 20.6. The molecule has 1 atom stereocenters. The maximum Gasteiger partial charge on any atom is 0.243 e. The molecular weight excluding hydrogens is 464 g/mol. The molecule has 2 aromatic rings. The van der Waals surface area contributed by atoms with Crippen molar-refractivity contribution in [2.75, 3.05) is 70.2 Å². The molecule has 2 N–H and O–H groups in total. The van der Waals surface area contributed by atoms with E-state index in [4.69, 9.17) is 9.47 Å². The second-order valence-corrected chi connectivity index (χ2v) is 8.66. The lowest BCUT2D eigenvalue weighted by Gasteiger charge is -2.38. The minimum atomic E-state index is -0.877. The van der Waals surface area contributed by atoms with Gasteiger partial charge in [-0.3, -0.25) is 19.3 Å². The Balaban J connectivity index is 1.35. The van der Waals surface area contributed by atoms with Gasteiger partial charge >= 0.3 is 0 Å². The number of nitrogens with zero attached hydrogens (tertiary/aromatic N) is 4. The number of hydrogen-bond donors (Lipinski definition) is 2. The van der Waals surface area contributed by atoms with Crippen molar-refractivity contribution in [3.05, 3.63) is 42.6 Å². The van der Waals surface area contributed by atoms with Crippen molar-refractivity contribution in [3.63, 3.8) is 0 Å². The van der Waals surface area contributed by atoms with Crippen LogP contribution in [0, 0.1) is 0 Å². The van der Waals surface area contributed by atoms with Gasteiger partial charge in [0.1, 0.15) is 23.4 Å². The van der Waals surface area contributed by atoms with Crippen LogP contribution in [-0.2, 0) is 14.4 Å². The summed E-state index contributed by atoms with van der Waals surface area (Å²) >= 11 is 0. The largest absolute Gasteiger partial charge is 0.497 e. The summed E-state index contributed by atoms with van der Waals surface area (Å²) in [4.78, 5) is 48.9. The highest BCUT2D eigenvalue weighted by Crippen LogP contribution is 2.29. The summed E-state index contributed by atoms with van der Waals surface area (Å²) in [6, 6.07) is 10.00. The fourth-order valence-electron chi connectivity index (χ4n) is 4.46. The predicted molar refractivity (Wildman–Crippen MR) is 134 cm³/mol. The lowest BCUT2D eigenvalue weighted by molar-refractivity contribution is -0.145. The first kappa shape index (κ1) is 25.2. The van der Waals surface area contributed by atoms with Gasteiger partial charge in [0.05, 0.1) is 32.9 Å². The molecule has 0 aliphatic carbocycles. The van der Waals surface area contributed by atoms with Crippen LogP contribution in [0.2, 0.25) is 0 Å². The molecule has 3 heterocycles. The van der Waals surface area contributed by atoms with E-state index in [2.05, 4.69) is 25.4 Å². The van der Waals surface area contributed by atoms with E-state index in [1.165, 1.54) is 19.1 Å². The molecule has 192 valence electrons. The highest BCUT2D eigenvalue weighted by molar-refractivity contribution is 5.98. The Morgan fingerprint density at radius 2 is 1.89 bits per heavy atom. The van der Waals surface area contributed by atoms with Gasteiger partial charge in [-0.25, -0.2) is 4.98 Å². The minimum Gasteiger partial charge on any atom is -0.497 e. The molecule has 2 fully saturated rings. The van der Waals surface area contributed by atoms with Crippen LogP contribution in [-0.4, -0.2) is 98.6 Å². The predicted octanol–water partition coefficient (Wildman–Crippen LogP) is 0.577. The monoisotopic (exact) mass is 496 g/mol. The summed E-state index contributed by atoms with van der Waals surface area (Å²) in [5, 5.41) is 5.55. The Kier molecular flexibility index (Phi) is 8.21. The molecule has 2 aliphatic rings. The molecule has 11 heteroatoms. The van der Waals surface area contributed by atoms with E-state index in [1.807, 2.05) is 18.2 Å². The number of piperazine rings is 2. The molecule has 2 aliphatic heterocycles. The van der Waals surface area contributed by atoms with Crippen molar-refractivity contribution >= 4 is 29.2 Å². The molecule has 0 radical (unpaired) electrons. The van der Waals surface area contributed by atoms with Crippen LogP contribution in [0.4, 0.5) is 11.5 Å². The second kappa shape index (κ2) is 11.7.